The Morgan fingerprint density at radius 3 is 2.91 bits per heavy atom. The van der Waals surface area contributed by atoms with Crippen molar-refractivity contribution in [1.29, 1.82) is 0 Å². The van der Waals surface area contributed by atoms with Crippen LogP contribution >= 0.6 is 0 Å². The quantitative estimate of drug-likeness (QED) is 0.445. The molecule has 3 heteroatoms. The lowest BCUT2D eigenvalue weighted by Crippen LogP contribution is -2.18. The standard InChI is InChI=1S/C8H13NO2/c1-11-5-4-9-6-2-3-7(10)8(6)9/h2-3,6-8,10H,4-5H2,1H3/t6-,7-,8-,9?/m0/s1. The molecule has 1 unspecified atom stereocenters. The number of methoxy groups -OCH3 is 1. The van der Waals surface area contributed by atoms with E-state index in [-0.39, 0.29) is 6.10 Å². The Bertz CT molecular complexity index is 181. The van der Waals surface area contributed by atoms with Crippen molar-refractivity contribution in [2.24, 2.45) is 0 Å². The maximum absolute atomic E-state index is 9.34. The van der Waals surface area contributed by atoms with Crippen molar-refractivity contribution in [2.75, 3.05) is 20.3 Å². The van der Waals surface area contributed by atoms with E-state index < -0.39 is 0 Å². The highest BCUT2D eigenvalue weighted by molar-refractivity contribution is 5.26. The lowest BCUT2D eigenvalue weighted by atomic mass is 10.3. The van der Waals surface area contributed by atoms with Crippen LogP contribution in [0.15, 0.2) is 12.2 Å². The zero-order chi connectivity index (χ0) is 7.84. The van der Waals surface area contributed by atoms with E-state index in [9.17, 15) is 5.11 Å². The van der Waals surface area contributed by atoms with Crippen LogP contribution in [0.1, 0.15) is 0 Å². The van der Waals surface area contributed by atoms with Crippen molar-refractivity contribution in [3.05, 3.63) is 12.2 Å². The zero-order valence-corrected chi connectivity index (χ0v) is 6.60. The lowest BCUT2D eigenvalue weighted by molar-refractivity contribution is 0.163. The van der Waals surface area contributed by atoms with Crippen LogP contribution in [-0.4, -0.2) is 48.5 Å². The first-order valence-electron chi connectivity index (χ1n) is 3.95. The Morgan fingerprint density at radius 2 is 2.36 bits per heavy atom. The molecule has 1 fully saturated rings. The number of ether oxygens (including phenoxy) is 1. The van der Waals surface area contributed by atoms with Gasteiger partial charge in [-0.3, -0.25) is 4.90 Å². The second kappa shape index (κ2) is 2.59. The molecule has 62 valence electrons. The highest BCUT2D eigenvalue weighted by Gasteiger charge is 2.52. The minimum Gasteiger partial charge on any atom is -0.387 e. The monoisotopic (exact) mass is 155 g/mol. The molecular formula is C8H13NO2. The maximum atomic E-state index is 9.34. The molecule has 1 saturated heterocycles. The van der Waals surface area contributed by atoms with Crippen LogP contribution in [0, 0.1) is 0 Å². The smallest absolute Gasteiger partial charge is 0.0895 e. The molecule has 0 aromatic heterocycles. The van der Waals surface area contributed by atoms with Crippen LogP contribution < -0.4 is 0 Å². The number of hydrogen-bond acceptors (Lipinski definition) is 3. The summed E-state index contributed by atoms with van der Waals surface area (Å²) in [4.78, 5) is 2.24. The van der Waals surface area contributed by atoms with Crippen molar-refractivity contribution in [3.63, 3.8) is 0 Å². The molecule has 0 aromatic rings. The van der Waals surface area contributed by atoms with Crippen LogP contribution in [0.3, 0.4) is 0 Å². The summed E-state index contributed by atoms with van der Waals surface area (Å²) in [5.41, 5.74) is 0. The fourth-order valence-corrected chi connectivity index (χ4v) is 1.78. The second-order valence-corrected chi connectivity index (χ2v) is 3.09. The normalized spacial score (nSPS) is 46.0. The van der Waals surface area contributed by atoms with Crippen LogP contribution in [0.25, 0.3) is 0 Å². The number of hydrogen-bond donors (Lipinski definition) is 1. The van der Waals surface area contributed by atoms with E-state index in [4.69, 9.17) is 4.74 Å². The molecule has 1 aliphatic carbocycles. The summed E-state index contributed by atoms with van der Waals surface area (Å²) in [7, 11) is 1.70. The number of aliphatic hydroxyl groups is 1. The number of aliphatic hydroxyl groups excluding tert-OH is 1. The van der Waals surface area contributed by atoms with E-state index in [2.05, 4.69) is 11.0 Å². The van der Waals surface area contributed by atoms with Gasteiger partial charge < -0.3 is 9.84 Å². The highest BCUT2D eigenvalue weighted by Crippen LogP contribution is 2.36. The second-order valence-electron chi connectivity index (χ2n) is 3.09. The van der Waals surface area contributed by atoms with Crippen molar-refractivity contribution in [1.82, 2.24) is 4.90 Å². The topological polar surface area (TPSA) is 32.5 Å². The predicted octanol–water partition coefficient (Wildman–Crippen LogP) is -0.384. The van der Waals surface area contributed by atoms with Gasteiger partial charge in [-0.15, -0.1) is 0 Å². The molecule has 0 spiro atoms. The van der Waals surface area contributed by atoms with E-state index in [0.717, 1.165) is 13.2 Å². The first-order chi connectivity index (χ1) is 5.34. The van der Waals surface area contributed by atoms with Gasteiger partial charge in [-0.05, 0) is 0 Å². The van der Waals surface area contributed by atoms with Crippen molar-refractivity contribution in [3.8, 4) is 0 Å². The third-order valence-electron chi connectivity index (χ3n) is 2.44. The van der Waals surface area contributed by atoms with Crippen LogP contribution in [-0.2, 0) is 4.74 Å². The third kappa shape index (κ3) is 1.09. The average Bonchev–Trinajstić information content (AvgIpc) is 2.58. The van der Waals surface area contributed by atoms with Gasteiger partial charge in [0.05, 0.1) is 18.8 Å². The van der Waals surface area contributed by atoms with Gasteiger partial charge in [-0.2, -0.15) is 0 Å². The fraction of sp³-hybridized carbons (Fsp3) is 0.750. The first-order valence-corrected chi connectivity index (χ1v) is 3.95. The third-order valence-corrected chi connectivity index (χ3v) is 2.44. The maximum Gasteiger partial charge on any atom is 0.0895 e. The molecule has 2 rings (SSSR count). The van der Waals surface area contributed by atoms with Crippen LogP contribution in [0.5, 0.6) is 0 Å². The Morgan fingerprint density at radius 1 is 1.55 bits per heavy atom. The molecule has 4 atom stereocenters. The van der Waals surface area contributed by atoms with Crippen molar-refractivity contribution < 1.29 is 9.84 Å². The summed E-state index contributed by atoms with van der Waals surface area (Å²) < 4.78 is 4.95. The average molecular weight is 155 g/mol. The molecule has 0 bridgehead atoms. The molecule has 0 amide bonds. The number of fused-ring (bicyclic) bond motifs is 1. The molecule has 0 radical (unpaired) electrons. The Balaban J connectivity index is 1.81. The zero-order valence-electron chi connectivity index (χ0n) is 6.60. The first kappa shape index (κ1) is 7.28. The molecule has 2 aliphatic rings. The van der Waals surface area contributed by atoms with E-state index in [0.29, 0.717) is 12.1 Å². The van der Waals surface area contributed by atoms with Gasteiger partial charge >= 0.3 is 0 Å². The summed E-state index contributed by atoms with van der Waals surface area (Å²) in [6.07, 6.45) is 3.71. The van der Waals surface area contributed by atoms with E-state index >= 15 is 0 Å². The molecule has 11 heavy (non-hydrogen) atoms. The van der Waals surface area contributed by atoms with Gasteiger partial charge in [0, 0.05) is 19.7 Å². The van der Waals surface area contributed by atoms with Crippen LogP contribution in [0.2, 0.25) is 0 Å². The van der Waals surface area contributed by atoms with Gasteiger partial charge in [0.25, 0.3) is 0 Å². The molecule has 0 saturated carbocycles. The van der Waals surface area contributed by atoms with Crippen molar-refractivity contribution in [2.45, 2.75) is 18.2 Å². The predicted molar refractivity (Wildman–Crippen MR) is 41.3 cm³/mol. The van der Waals surface area contributed by atoms with Gasteiger partial charge in [-0.1, -0.05) is 12.2 Å². The Kier molecular flexibility index (Phi) is 1.71. The largest absolute Gasteiger partial charge is 0.387 e. The van der Waals surface area contributed by atoms with E-state index in [1.54, 1.807) is 7.11 Å². The molecule has 0 aromatic carbocycles. The van der Waals surface area contributed by atoms with E-state index in [1.807, 2.05) is 6.08 Å². The summed E-state index contributed by atoms with van der Waals surface area (Å²) in [6.45, 7) is 1.70. The summed E-state index contributed by atoms with van der Waals surface area (Å²) >= 11 is 0. The highest BCUT2D eigenvalue weighted by atomic mass is 16.5. The van der Waals surface area contributed by atoms with Crippen LogP contribution in [0.4, 0.5) is 0 Å². The lowest BCUT2D eigenvalue weighted by Gasteiger charge is -2.06. The Hall–Kier alpha value is -0.380. The molecule has 3 nitrogen and oxygen atoms in total. The SMILES string of the molecule is COCCN1[C@@H]2[C@@H](O)C=C[C@@H]21. The van der Waals surface area contributed by atoms with E-state index in [1.165, 1.54) is 0 Å². The summed E-state index contributed by atoms with van der Waals surface area (Å²) in [5, 5.41) is 9.34. The number of nitrogens with zero attached hydrogens (tertiary/aromatic N) is 1. The Labute approximate surface area is 66.3 Å². The minimum absolute atomic E-state index is 0.239. The summed E-state index contributed by atoms with van der Waals surface area (Å²) in [6, 6.07) is 0.866. The minimum atomic E-state index is -0.239. The molecular weight excluding hydrogens is 142 g/mol. The van der Waals surface area contributed by atoms with Gasteiger partial charge in [0.15, 0.2) is 0 Å². The van der Waals surface area contributed by atoms with Crippen molar-refractivity contribution >= 4 is 0 Å². The number of rotatable bonds is 3. The van der Waals surface area contributed by atoms with Gasteiger partial charge in [0.1, 0.15) is 0 Å². The van der Waals surface area contributed by atoms with Gasteiger partial charge in [0.2, 0.25) is 0 Å². The molecule has 1 heterocycles. The molecule has 1 N–H and O–H groups in total. The van der Waals surface area contributed by atoms with Gasteiger partial charge in [-0.25, -0.2) is 0 Å². The summed E-state index contributed by atoms with van der Waals surface area (Å²) in [5.74, 6) is 0. The molecule has 1 aliphatic heterocycles. The fourth-order valence-electron chi connectivity index (χ4n) is 1.78.